The van der Waals surface area contributed by atoms with Crippen LogP contribution in [-0.2, 0) is 35.5 Å². The number of anilines is 1. The summed E-state index contributed by atoms with van der Waals surface area (Å²) in [5.41, 5.74) is 5.75. The number of likely N-dealkylation sites (N-methyl/N-ethyl adjacent to an activating group) is 1. The van der Waals surface area contributed by atoms with E-state index < -0.39 is 24.3 Å². The molecule has 1 amide bonds. The monoisotopic (exact) mass is 679 g/mol. The van der Waals surface area contributed by atoms with Crippen LogP contribution in [0.1, 0.15) is 36.6 Å². The van der Waals surface area contributed by atoms with Crippen LogP contribution in [0.5, 0.6) is 0 Å². The highest BCUT2D eigenvalue weighted by atomic mass is 19.1. The smallest absolute Gasteiger partial charge is 0.414 e. The molecule has 12 heteroatoms. The summed E-state index contributed by atoms with van der Waals surface area (Å²) in [4.78, 5) is 20.9. The Balaban J connectivity index is 0.904. The van der Waals surface area contributed by atoms with Gasteiger partial charge in [-0.05, 0) is 67.4 Å². The third-order valence-corrected chi connectivity index (χ3v) is 9.58. The van der Waals surface area contributed by atoms with Gasteiger partial charge in [-0.1, -0.05) is 47.7 Å². The number of carbonyl (C=O) groups is 1. The number of cyclic esters (lactones) is 1. The number of hydrogen-bond acceptors (Lipinski definition) is 9. The summed E-state index contributed by atoms with van der Waals surface area (Å²) in [6, 6.07) is 23.0. The van der Waals surface area contributed by atoms with Crippen molar-refractivity contribution in [3.63, 3.8) is 0 Å². The van der Waals surface area contributed by atoms with Crippen molar-refractivity contribution in [2.75, 3.05) is 25.0 Å². The summed E-state index contributed by atoms with van der Waals surface area (Å²) in [5.74, 6) is -0.412. The number of amides is 1. The predicted molar refractivity (Wildman–Crippen MR) is 188 cm³/mol. The molecule has 3 aromatic carbocycles. The molecule has 0 bridgehead atoms. The van der Waals surface area contributed by atoms with Gasteiger partial charge in [0, 0.05) is 61.9 Å². The first-order chi connectivity index (χ1) is 24.3. The quantitative estimate of drug-likeness (QED) is 0.181. The number of aromatic nitrogens is 4. The van der Waals surface area contributed by atoms with E-state index in [1.54, 1.807) is 16.8 Å². The average Bonchev–Trinajstić information content (AvgIpc) is 3.72. The molecule has 4 heterocycles. The first kappa shape index (κ1) is 33.7. The number of para-hydroxylation sites is 1. The molecular weight excluding hydrogens is 637 g/mol. The molecule has 5 aromatic rings. The number of benzene rings is 3. The molecule has 2 fully saturated rings. The Bertz CT molecular complexity index is 1920. The maximum atomic E-state index is 15.4. The molecule has 2 aliphatic rings. The van der Waals surface area contributed by atoms with Crippen LogP contribution in [-0.4, -0.2) is 80.8 Å². The molecule has 11 nitrogen and oxygen atoms in total. The van der Waals surface area contributed by atoms with Crippen LogP contribution < -0.4 is 10.2 Å². The summed E-state index contributed by atoms with van der Waals surface area (Å²) < 4.78 is 28.2. The van der Waals surface area contributed by atoms with Gasteiger partial charge in [0.05, 0.1) is 36.1 Å². The third-order valence-electron chi connectivity index (χ3n) is 9.58. The lowest BCUT2D eigenvalue weighted by atomic mass is 10.0. The van der Waals surface area contributed by atoms with Gasteiger partial charge in [0.15, 0.2) is 6.29 Å². The van der Waals surface area contributed by atoms with Crippen molar-refractivity contribution in [2.24, 2.45) is 0 Å². The highest BCUT2D eigenvalue weighted by Gasteiger charge is 2.33. The lowest BCUT2D eigenvalue weighted by Crippen LogP contribution is -2.43. The van der Waals surface area contributed by atoms with Gasteiger partial charge in [-0.15, -0.1) is 5.10 Å². The number of hydrogen-bond donors (Lipinski definition) is 2. The SMILES string of the molecule is C[C@@H]1C[C@H](N(C)CCc2cn(C[C@H]3CN(c4ccc(-c5ccc(CNCc6ccnc7ccccc67)cc5)c(F)c4)C(=O)O3)nn2)C[C@H](O)O1. The number of nitrogens with zero attached hydrogens (tertiary/aromatic N) is 6. The van der Waals surface area contributed by atoms with Gasteiger partial charge in [-0.3, -0.25) is 9.88 Å². The van der Waals surface area contributed by atoms with Crippen molar-refractivity contribution in [2.45, 2.75) is 70.4 Å². The normalized spacial score (nSPS) is 20.9. The van der Waals surface area contributed by atoms with E-state index in [0.29, 0.717) is 43.7 Å². The zero-order valence-corrected chi connectivity index (χ0v) is 28.3. The standard InChI is InChI=1S/C38H42FN7O4/c1-25-17-31(19-37(47)49-25)44(2)16-14-29-22-45(43-42-29)23-32-24-46(38(48)50-32)30-11-12-33(35(39)18-30)27-9-7-26(8-10-27)20-40-21-28-13-15-41-36-6-4-3-5-34(28)36/h3-13,15,18,22,25,31-32,37,40,47H,14,16-17,19-21,23-24H2,1-2H3/t25-,31+,32+,37-/m1/s1. The molecule has 260 valence electrons. The highest BCUT2D eigenvalue weighted by molar-refractivity contribution is 5.90. The van der Waals surface area contributed by atoms with Crippen molar-refractivity contribution in [3.8, 4) is 11.1 Å². The van der Waals surface area contributed by atoms with Crippen LogP contribution in [0.4, 0.5) is 14.9 Å². The number of ether oxygens (including phenoxy) is 2. The molecule has 0 aliphatic carbocycles. The number of aliphatic hydroxyl groups excluding tert-OH is 1. The summed E-state index contributed by atoms with van der Waals surface area (Å²) >= 11 is 0. The fraction of sp³-hybridized carbons (Fsp3) is 0.368. The molecular formula is C38H42FN7O4. The lowest BCUT2D eigenvalue weighted by Gasteiger charge is -2.36. The number of pyridine rings is 1. The molecule has 2 saturated heterocycles. The van der Waals surface area contributed by atoms with E-state index in [1.807, 2.05) is 74.9 Å². The number of halogens is 1. The second-order valence-corrected chi connectivity index (χ2v) is 13.3. The molecule has 2 N–H and O–H groups in total. The fourth-order valence-electron chi connectivity index (χ4n) is 6.86. The van der Waals surface area contributed by atoms with E-state index >= 15 is 4.39 Å². The minimum Gasteiger partial charge on any atom is -0.442 e. The third kappa shape index (κ3) is 7.84. The Hall–Kier alpha value is -4.75. The molecule has 2 aliphatic heterocycles. The van der Waals surface area contributed by atoms with Crippen LogP contribution in [0.25, 0.3) is 22.0 Å². The first-order valence-corrected chi connectivity index (χ1v) is 17.1. The Morgan fingerprint density at radius 3 is 2.72 bits per heavy atom. The maximum Gasteiger partial charge on any atom is 0.414 e. The van der Waals surface area contributed by atoms with Crippen LogP contribution in [0.2, 0.25) is 0 Å². The van der Waals surface area contributed by atoms with E-state index in [4.69, 9.17) is 9.47 Å². The van der Waals surface area contributed by atoms with Gasteiger partial charge < -0.3 is 24.8 Å². The average molecular weight is 680 g/mol. The van der Waals surface area contributed by atoms with Crippen LogP contribution >= 0.6 is 0 Å². The predicted octanol–water partition coefficient (Wildman–Crippen LogP) is 5.31. The molecule has 0 unspecified atom stereocenters. The van der Waals surface area contributed by atoms with Gasteiger partial charge in [-0.2, -0.15) is 0 Å². The van der Waals surface area contributed by atoms with E-state index in [0.717, 1.165) is 40.7 Å². The minimum absolute atomic E-state index is 0.0205. The molecule has 0 spiro atoms. The first-order valence-electron chi connectivity index (χ1n) is 17.1. The number of rotatable bonds is 12. The Kier molecular flexibility index (Phi) is 10.1. The summed E-state index contributed by atoms with van der Waals surface area (Å²) in [6.45, 7) is 4.74. The summed E-state index contributed by atoms with van der Waals surface area (Å²) in [5, 5.41) is 23.1. The number of nitrogens with one attached hydrogen (secondary N) is 1. The number of carbonyl (C=O) groups excluding carboxylic acids is 1. The topological polar surface area (TPSA) is 118 Å². The van der Waals surface area contributed by atoms with Crippen molar-refractivity contribution >= 4 is 22.7 Å². The second-order valence-electron chi connectivity index (χ2n) is 13.3. The van der Waals surface area contributed by atoms with Gasteiger partial charge in [-0.25, -0.2) is 13.9 Å². The molecule has 0 radical (unpaired) electrons. The molecule has 50 heavy (non-hydrogen) atoms. The van der Waals surface area contributed by atoms with Gasteiger partial charge in [0.25, 0.3) is 0 Å². The van der Waals surface area contributed by atoms with Crippen molar-refractivity contribution < 1.29 is 23.8 Å². The maximum absolute atomic E-state index is 15.4. The molecule has 7 rings (SSSR count). The van der Waals surface area contributed by atoms with Gasteiger partial charge >= 0.3 is 6.09 Å². The highest BCUT2D eigenvalue weighted by Crippen LogP contribution is 2.30. The summed E-state index contributed by atoms with van der Waals surface area (Å²) in [7, 11) is 2.05. The molecule has 0 saturated carbocycles. The largest absolute Gasteiger partial charge is 0.442 e. The molecule has 2 aromatic heterocycles. The van der Waals surface area contributed by atoms with Crippen molar-refractivity contribution in [1.29, 1.82) is 0 Å². The van der Waals surface area contributed by atoms with Crippen LogP contribution in [0.3, 0.4) is 0 Å². The Morgan fingerprint density at radius 2 is 1.90 bits per heavy atom. The zero-order valence-electron chi connectivity index (χ0n) is 28.3. The van der Waals surface area contributed by atoms with Gasteiger partial charge in [0.2, 0.25) is 0 Å². The minimum atomic E-state index is -0.729. The lowest BCUT2D eigenvalue weighted by molar-refractivity contribution is -0.173. The van der Waals surface area contributed by atoms with Crippen molar-refractivity contribution in [1.82, 2.24) is 30.2 Å². The summed E-state index contributed by atoms with van der Waals surface area (Å²) in [6.07, 6.45) is 4.17. The Morgan fingerprint density at radius 1 is 1.06 bits per heavy atom. The number of aliphatic hydroxyl groups is 1. The van der Waals surface area contributed by atoms with E-state index in [-0.39, 0.29) is 18.7 Å². The van der Waals surface area contributed by atoms with E-state index in [1.165, 1.54) is 16.5 Å². The fourth-order valence-corrected chi connectivity index (χ4v) is 6.86. The molecule has 4 atom stereocenters. The van der Waals surface area contributed by atoms with Crippen molar-refractivity contribution in [3.05, 3.63) is 108 Å². The van der Waals surface area contributed by atoms with E-state index in [9.17, 15) is 9.90 Å². The van der Waals surface area contributed by atoms with Crippen LogP contribution in [0.15, 0.2) is 85.2 Å². The Labute approximate surface area is 290 Å². The van der Waals surface area contributed by atoms with Gasteiger partial charge in [0.1, 0.15) is 11.9 Å². The van der Waals surface area contributed by atoms with Crippen LogP contribution in [0, 0.1) is 5.82 Å². The second kappa shape index (κ2) is 15.0. The zero-order chi connectivity index (χ0) is 34.6. The number of fused-ring (bicyclic) bond motifs is 1. The van der Waals surface area contributed by atoms with E-state index in [2.05, 4.69) is 31.6 Å².